The number of likely N-dealkylation sites (tertiary alicyclic amines) is 1. The molecule has 13 nitrogen and oxygen atoms in total. The second-order valence-electron chi connectivity index (χ2n) is 9.47. The third-order valence-corrected chi connectivity index (χ3v) is 7.91. The number of carboxylic acids is 1. The maximum absolute atomic E-state index is 13.0. The van der Waals surface area contributed by atoms with Crippen LogP contribution in [0.4, 0.5) is 13.2 Å². The summed E-state index contributed by atoms with van der Waals surface area (Å²) in [5, 5.41) is 29.6. The number of piperidine rings is 1. The largest absolute Gasteiger partial charge is 0.542 e. The van der Waals surface area contributed by atoms with E-state index >= 15 is 0 Å². The first-order valence-corrected chi connectivity index (χ1v) is 13.9. The van der Waals surface area contributed by atoms with Crippen molar-refractivity contribution in [2.45, 2.75) is 42.7 Å². The van der Waals surface area contributed by atoms with Gasteiger partial charge >= 0.3 is 6.18 Å². The number of aliphatic hydroxyl groups is 1. The second kappa shape index (κ2) is 13.3. The molecule has 1 aliphatic heterocycles. The van der Waals surface area contributed by atoms with Gasteiger partial charge in [-0.3, -0.25) is 14.8 Å². The van der Waals surface area contributed by atoms with Gasteiger partial charge in [0.2, 0.25) is 22.0 Å². The molecule has 2 atom stereocenters. The van der Waals surface area contributed by atoms with Crippen molar-refractivity contribution in [1.29, 1.82) is 0 Å². The number of carboxylic acid groups (broad SMARTS) is 1. The van der Waals surface area contributed by atoms with Crippen molar-refractivity contribution in [2.75, 3.05) is 13.1 Å². The number of alkyl halides is 3. The number of carbonyl (C=O) groups is 3. The highest BCUT2D eigenvalue weighted by Gasteiger charge is 2.49. The molecule has 43 heavy (non-hydrogen) atoms. The van der Waals surface area contributed by atoms with Crippen molar-refractivity contribution in [1.82, 2.24) is 15.1 Å². The monoisotopic (exact) mass is 628 g/mol. The summed E-state index contributed by atoms with van der Waals surface area (Å²) in [5.74, 6) is -3.77. The number of hydroxylamine groups is 1. The molecule has 2 heterocycles. The molecular weight excluding hydrogens is 601 g/mol. The summed E-state index contributed by atoms with van der Waals surface area (Å²) in [6.45, 7) is 1.87. The Bertz CT molecular complexity index is 1590. The molecule has 0 aliphatic carbocycles. The lowest BCUT2D eigenvalue weighted by Crippen LogP contribution is -2.68. The van der Waals surface area contributed by atoms with Crippen LogP contribution in [-0.2, 0) is 31.0 Å². The second-order valence-corrected chi connectivity index (χ2v) is 11.2. The quantitative estimate of drug-likeness (QED) is 0.145. The summed E-state index contributed by atoms with van der Waals surface area (Å²) in [6.07, 6.45) is -4.79. The molecule has 232 valence electrons. The molecular formula is C26H27F3N4O9S. The van der Waals surface area contributed by atoms with Gasteiger partial charge in [0.25, 0.3) is 5.91 Å². The molecule has 2 amide bonds. The number of amides is 2. The first-order chi connectivity index (χ1) is 20.1. The number of halogens is 3. The molecule has 3 aromatic rings. The average molecular weight is 629 g/mol. The van der Waals surface area contributed by atoms with Gasteiger partial charge in [-0.25, -0.2) is 23.6 Å². The van der Waals surface area contributed by atoms with Crippen molar-refractivity contribution in [3.05, 3.63) is 65.9 Å². The number of aliphatic carboxylic acids is 1. The molecule has 1 aliphatic rings. The molecule has 0 spiro atoms. The third-order valence-electron chi connectivity index (χ3n) is 6.42. The number of hydrogen-bond donors (Lipinski definition) is 4. The summed E-state index contributed by atoms with van der Waals surface area (Å²) in [6, 6.07) is 14.3. The van der Waals surface area contributed by atoms with Crippen LogP contribution in [0.15, 0.2) is 59.5 Å². The van der Waals surface area contributed by atoms with Gasteiger partial charge < -0.3 is 24.6 Å². The molecule has 0 bridgehead atoms. The van der Waals surface area contributed by atoms with E-state index in [2.05, 4.69) is 9.71 Å². The number of hydrogen-bond acceptors (Lipinski definition) is 9. The van der Waals surface area contributed by atoms with Crippen LogP contribution in [0.25, 0.3) is 10.9 Å². The first kappa shape index (κ1) is 33.2. The Labute approximate surface area is 242 Å². The molecule has 5 N–H and O–H groups in total. The zero-order chi connectivity index (χ0) is 32.0. The topological polar surface area (TPSA) is 200 Å². The SMILES string of the molecule is Cc1cc(COc2ccc(S(=O)(=O)N[C@@H]3CCN(C=O)C[C@]3(O)C(=O)NO)cc2)c2ccccc2[nH+]1.O=C([O-])C(F)(F)F. The summed E-state index contributed by atoms with van der Waals surface area (Å²) in [7, 11) is -4.15. The van der Waals surface area contributed by atoms with E-state index < -0.39 is 46.3 Å². The molecule has 2 aromatic carbocycles. The zero-order valence-electron chi connectivity index (χ0n) is 22.4. The van der Waals surface area contributed by atoms with Crippen molar-refractivity contribution >= 4 is 39.2 Å². The number of carbonyl (C=O) groups excluding carboxylic acids is 3. The van der Waals surface area contributed by atoms with E-state index in [0.29, 0.717) is 12.2 Å². The number of ether oxygens (including phenoxy) is 1. The number of aromatic nitrogens is 1. The molecule has 0 unspecified atom stereocenters. The van der Waals surface area contributed by atoms with E-state index in [-0.39, 0.29) is 24.5 Å². The van der Waals surface area contributed by atoms with E-state index in [1.165, 1.54) is 29.7 Å². The normalized spacial score (nSPS) is 18.7. The maximum Gasteiger partial charge on any atom is 0.430 e. The van der Waals surface area contributed by atoms with Gasteiger partial charge in [-0.2, -0.15) is 13.2 Å². The van der Waals surface area contributed by atoms with E-state index in [1.54, 1.807) is 0 Å². The van der Waals surface area contributed by atoms with Gasteiger partial charge in [-0.15, -0.1) is 0 Å². The zero-order valence-corrected chi connectivity index (χ0v) is 23.2. The Morgan fingerprint density at radius 3 is 2.42 bits per heavy atom. The fourth-order valence-corrected chi connectivity index (χ4v) is 5.63. The molecule has 0 saturated carbocycles. The predicted octanol–water partition coefficient (Wildman–Crippen LogP) is -0.415. The van der Waals surface area contributed by atoms with Gasteiger partial charge in [-0.1, -0.05) is 12.1 Å². The van der Waals surface area contributed by atoms with Crippen molar-refractivity contribution in [2.24, 2.45) is 0 Å². The van der Waals surface area contributed by atoms with Crippen molar-refractivity contribution in [3.8, 4) is 5.75 Å². The third kappa shape index (κ3) is 8.16. The minimum absolute atomic E-state index is 0.0367. The average Bonchev–Trinajstić information content (AvgIpc) is 2.96. The Morgan fingerprint density at radius 1 is 1.21 bits per heavy atom. The number of pyridine rings is 1. The van der Waals surface area contributed by atoms with E-state index in [4.69, 9.17) is 19.8 Å². The Hall–Kier alpha value is -4.32. The number of sulfonamides is 1. The van der Waals surface area contributed by atoms with E-state index in [9.17, 15) is 36.3 Å². The van der Waals surface area contributed by atoms with E-state index in [0.717, 1.165) is 27.1 Å². The minimum Gasteiger partial charge on any atom is -0.542 e. The predicted molar refractivity (Wildman–Crippen MR) is 138 cm³/mol. The Morgan fingerprint density at radius 2 is 1.84 bits per heavy atom. The highest BCUT2D eigenvalue weighted by Crippen LogP contribution is 2.25. The maximum atomic E-state index is 13.0. The molecule has 1 fully saturated rings. The number of aromatic amines is 1. The van der Waals surface area contributed by atoms with Crippen LogP contribution in [0, 0.1) is 6.92 Å². The van der Waals surface area contributed by atoms with Crippen LogP contribution in [0.1, 0.15) is 17.7 Å². The van der Waals surface area contributed by atoms with Crippen molar-refractivity contribution < 1.29 is 61.1 Å². The number of para-hydroxylation sites is 1. The number of β-amino-alcohol motifs (C(OH)–C–C–N with tert-alkyl or cyclic N) is 1. The number of benzene rings is 2. The lowest BCUT2D eigenvalue weighted by molar-refractivity contribution is -0.354. The summed E-state index contributed by atoms with van der Waals surface area (Å²) < 4.78 is 65.7. The summed E-state index contributed by atoms with van der Waals surface area (Å²) >= 11 is 0. The Balaban J connectivity index is 0.000000646. The standard InChI is InChI=1S/C24H26N4O7S.C2HF3O2/c1-16-12-17(20-4-2-3-5-21(20)25-16)13-35-18-6-8-19(9-7-18)36(33,34)27-22-10-11-28(15-29)14-24(22,31)23(30)26-32;3-2(4,5)1(6)7/h2-9,12,15,22,27,31-32H,10-11,13-14H2,1H3,(H,26,30);(H,6,7)/t22-,24-;/m1./s1. The van der Waals surface area contributed by atoms with Crippen LogP contribution >= 0.6 is 0 Å². The number of rotatable bonds is 8. The number of H-pyrrole nitrogens is 1. The van der Waals surface area contributed by atoms with Crippen LogP contribution in [0.5, 0.6) is 5.75 Å². The fourth-order valence-electron chi connectivity index (χ4n) is 4.32. The fraction of sp³-hybridized carbons (Fsp3) is 0.308. The van der Waals surface area contributed by atoms with Gasteiger partial charge in [0.1, 0.15) is 18.3 Å². The van der Waals surface area contributed by atoms with Crippen LogP contribution in [-0.4, -0.2) is 72.8 Å². The van der Waals surface area contributed by atoms with Crippen LogP contribution < -0.4 is 25.0 Å². The van der Waals surface area contributed by atoms with Gasteiger partial charge in [0.15, 0.2) is 11.3 Å². The van der Waals surface area contributed by atoms with Crippen LogP contribution in [0.2, 0.25) is 0 Å². The molecule has 0 radical (unpaired) electrons. The highest BCUT2D eigenvalue weighted by atomic mass is 32.2. The van der Waals surface area contributed by atoms with Gasteiger partial charge in [0.05, 0.1) is 22.9 Å². The number of nitrogens with one attached hydrogen (secondary N) is 3. The molecule has 1 aromatic heterocycles. The molecule has 17 heteroatoms. The van der Waals surface area contributed by atoms with Gasteiger partial charge in [-0.05, 0) is 36.8 Å². The smallest absolute Gasteiger partial charge is 0.430 e. The molecule has 1 saturated heterocycles. The highest BCUT2D eigenvalue weighted by molar-refractivity contribution is 7.89. The first-order valence-electron chi connectivity index (χ1n) is 12.4. The number of fused-ring (bicyclic) bond motifs is 1. The minimum atomic E-state index is -5.19. The molecule has 4 rings (SSSR count). The lowest BCUT2D eigenvalue weighted by atomic mass is 9.87. The lowest BCUT2D eigenvalue weighted by Gasteiger charge is -2.41. The van der Waals surface area contributed by atoms with E-state index in [1.807, 2.05) is 37.3 Å². The van der Waals surface area contributed by atoms with Crippen LogP contribution in [0.3, 0.4) is 0 Å². The van der Waals surface area contributed by atoms with Gasteiger partial charge in [0, 0.05) is 31.2 Å². The number of nitrogens with zero attached hydrogens (tertiary/aromatic N) is 1. The Kier molecular flexibility index (Phi) is 10.3. The van der Waals surface area contributed by atoms with Crippen molar-refractivity contribution in [3.63, 3.8) is 0 Å². The number of aryl methyl sites for hydroxylation is 1. The summed E-state index contributed by atoms with van der Waals surface area (Å²) in [5.41, 5.74) is 1.93. The summed E-state index contributed by atoms with van der Waals surface area (Å²) in [4.78, 5) is 36.3.